The predicted octanol–water partition coefficient (Wildman–Crippen LogP) is 1.04. The number of hydrogen-bond donors (Lipinski definition) is 3. The van der Waals surface area contributed by atoms with Crippen LogP contribution in [0, 0.1) is 0 Å². The Morgan fingerprint density at radius 2 is 2.04 bits per heavy atom. The fraction of sp³-hybridized carbons (Fsp3) is 0. The van der Waals surface area contributed by atoms with Crippen LogP contribution in [0.15, 0.2) is 63.5 Å². The quantitative estimate of drug-likeness (QED) is 0.456. The fourth-order valence-electron chi connectivity index (χ4n) is 2.23. The molecule has 0 aliphatic rings. The summed E-state index contributed by atoms with van der Waals surface area (Å²) < 4.78 is 0.827. The Balaban J connectivity index is 1.96. The number of benzene rings is 1. The van der Waals surface area contributed by atoms with E-state index in [1.54, 1.807) is 18.2 Å². The number of aromatic nitrogens is 3. The van der Waals surface area contributed by atoms with Crippen molar-refractivity contribution < 1.29 is 9.90 Å². The van der Waals surface area contributed by atoms with Gasteiger partial charge in [-0.3, -0.25) is 19.6 Å². The Labute approximate surface area is 156 Å². The highest BCUT2D eigenvalue weighted by Gasteiger charge is 2.16. The molecule has 0 unspecified atom stereocenters. The summed E-state index contributed by atoms with van der Waals surface area (Å²) in [6, 6.07) is 9.38. The fourth-order valence-corrected chi connectivity index (χ4v) is 2.45. The van der Waals surface area contributed by atoms with Gasteiger partial charge in [-0.1, -0.05) is 23.7 Å². The molecule has 2 aromatic heterocycles. The summed E-state index contributed by atoms with van der Waals surface area (Å²) in [7, 11) is 0. The lowest BCUT2D eigenvalue weighted by Gasteiger charge is -2.10. The number of rotatable bonds is 4. The molecule has 9 nitrogen and oxygen atoms in total. The zero-order valence-electron chi connectivity index (χ0n) is 13.6. The number of pyridine rings is 1. The van der Waals surface area contributed by atoms with Crippen molar-refractivity contribution in [3.8, 4) is 11.6 Å². The van der Waals surface area contributed by atoms with E-state index in [1.165, 1.54) is 30.6 Å². The van der Waals surface area contributed by atoms with Crippen molar-refractivity contribution in [3.63, 3.8) is 0 Å². The second kappa shape index (κ2) is 7.67. The third-order valence-corrected chi connectivity index (χ3v) is 3.82. The summed E-state index contributed by atoms with van der Waals surface area (Å²) >= 11 is 6.05. The van der Waals surface area contributed by atoms with Crippen LogP contribution < -0.4 is 16.7 Å². The number of carbonyl (C=O) groups is 1. The van der Waals surface area contributed by atoms with Crippen LogP contribution in [0.2, 0.25) is 5.02 Å². The predicted molar refractivity (Wildman–Crippen MR) is 98.6 cm³/mol. The van der Waals surface area contributed by atoms with Crippen LogP contribution in [0.4, 0.5) is 0 Å². The molecule has 3 aromatic rings. The first-order valence-electron chi connectivity index (χ1n) is 7.55. The molecule has 0 saturated carbocycles. The summed E-state index contributed by atoms with van der Waals surface area (Å²) in [5.41, 5.74) is 0.551. The van der Waals surface area contributed by atoms with Crippen LogP contribution in [0.3, 0.4) is 0 Å². The number of H-pyrrole nitrogens is 1. The van der Waals surface area contributed by atoms with Crippen molar-refractivity contribution >= 4 is 23.7 Å². The molecule has 0 aliphatic carbocycles. The van der Waals surface area contributed by atoms with Crippen molar-refractivity contribution in [1.29, 1.82) is 0 Å². The van der Waals surface area contributed by atoms with E-state index in [1.807, 2.05) is 0 Å². The van der Waals surface area contributed by atoms with Crippen molar-refractivity contribution in [2.24, 2.45) is 5.10 Å². The second-order valence-electron chi connectivity index (χ2n) is 5.22. The van der Waals surface area contributed by atoms with Crippen molar-refractivity contribution in [1.82, 2.24) is 20.0 Å². The van der Waals surface area contributed by atoms with Crippen molar-refractivity contribution in [2.75, 3.05) is 0 Å². The molecule has 136 valence electrons. The molecule has 3 rings (SSSR count). The summed E-state index contributed by atoms with van der Waals surface area (Å²) in [6.07, 6.45) is 3.78. The van der Waals surface area contributed by atoms with E-state index < -0.39 is 23.0 Å². The van der Waals surface area contributed by atoms with E-state index in [2.05, 4.69) is 20.5 Å². The van der Waals surface area contributed by atoms with Crippen LogP contribution in [-0.2, 0) is 0 Å². The highest BCUT2D eigenvalue weighted by Crippen LogP contribution is 2.22. The third kappa shape index (κ3) is 3.77. The van der Waals surface area contributed by atoms with Crippen LogP contribution in [-0.4, -0.2) is 31.8 Å². The van der Waals surface area contributed by atoms with Gasteiger partial charge < -0.3 is 5.11 Å². The maximum Gasteiger partial charge on any atom is 0.335 e. The minimum absolute atomic E-state index is 0.173. The number of para-hydroxylation sites is 1. The number of hydrazone groups is 1. The van der Waals surface area contributed by atoms with Crippen LogP contribution in [0.25, 0.3) is 5.69 Å². The highest BCUT2D eigenvalue weighted by atomic mass is 35.5. The van der Waals surface area contributed by atoms with Gasteiger partial charge >= 0.3 is 5.69 Å². The lowest BCUT2D eigenvalue weighted by atomic mass is 10.3. The maximum atomic E-state index is 12.1. The Hall–Kier alpha value is -3.72. The highest BCUT2D eigenvalue weighted by molar-refractivity contribution is 6.32. The zero-order valence-corrected chi connectivity index (χ0v) is 14.3. The number of aromatic hydroxyl groups is 1. The number of halogens is 1. The maximum absolute atomic E-state index is 12.1. The summed E-state index contributed by atoms with van der Waals surface area (Å²) in [5, 5.41) is 14.2. The van der Waals surface area contributed by atoms with Gasteiger partial charge in [-0.15, -0.1) is 0 Å². The molecule has 0 saturated heterocycles. The number of nitrogens with one attached hydrogen (secondary N) is 2. The van der Waals surface area contributed by atoms with E-state index in [0.29, 0.717) is 0 Å². The molecule has 2 heterocycles. The lowest BCUT2D eigenvalue weighted by molar-refractivity contribution is 0.0954. The average Bonchev–Trinajstić information content (AvgIpc) is 2.66. The average molecular weight is 386 g/mol. The monoisotopic (exact) mass is 385 g/mol. The molecule has 1 amide bonds. The number of hydrogen-bond acceptors (Lipinski definition) is 6. The smallest absolute Gasteiger partial charge is 0.335 e. The van der Waals surface area contributed by atoms with Gasteiger partial charge in [0.1, 0.15) is 5.56 Å². The molecular formula is C17H12ClN5O4. The van der Waals surface area contributed by atoms with E-state index >= 15 is 0 Å². The van der Waals surface area contributed by atoms with Gasteiger partial charge in [-0.2, -0.15) is 5.10 Å². The van der Waals surface area contributed by atoms with Gasteiger partial charge in [-0.05, 0) is 24.3 Å². The number of amides is 1. The molecule has 3 N–H and O–H groups in total. The molecule has 27 heavy (non-hydrogen) atoms. The number of aromatic amines is 1. The molecular weight excluding hydrogens is 374 g/mol. The normalized spacial score (nSPS) is 10.9. The molecule has 0 radical (unpaired) electrons. The molecule has 1 aromatic carbocycles. The first-order valence-corrected chi connectivity index (χ1v) is 7.93. The number of nitrogens with zero attached hydrogens (tertiary/aromatic N) is 3. The van der Waals surface area contributed by atoms with Crippen LogP contribution in [0.1, 0.15) is 15.9 Å². The SMILES string of the molecule is O=C(NN=Cc1c(O)n(-c2ccccc2Cl)c(=O)[nH]c1=O)c1cccnc1. The van der Waals surface area contributed by atoms with Crippen LogP contribution in [0.5, 0.6) is 5.88 Å². The summed E-state index contributed by atoms with van der Waals surface area (Å²) in [4.78, 5) is 41.9. The Morgan fingerprint density at radius 3 is 2.74 bits per heavy atom. The standard InChI is InChI=1S/C17H12ClN5O4/c18-12-5-1-2-6-13(12)23-16(26)11(15(25)21-17(23)27)9-20-22-14(24)10-4-3-7-19-8-10/h1-9,26H,(H,22,24)(H,21,25,27). The van der Waals surface area contributed by atoms with Gasteiger partial charge in [0, 0.05) is 12.4 Å². The number of carbonyl (C=O) groups excluding carboxylic acids is 1. The molecule has 0 atom stereocenters. The lowest BCUT2D eigenvalue weighted by Crippen LogP contribution is -2.31. The topological polar surface area (TPSA) is 129 Å². The molecule has 0 bridgehead atoms. The van der Waals surface area contributed by atoms with Gasteiger partial charge in [0.15, 0.2) is 0 Å². The first kappa shape index (κ1) is 18.1. The Bertz CT molecular complexity index is 1140. The molecule has 0 spiro atoms. The van der Waals surface area contributed by atoms with E-state index in [4.69, 9.17) is 11.6 Å². The largest absolute Gasteiger partial charge is 0.493 e. The van der Waals surface area contributed by atoms with Crippen LogP contribution >= 0.6 is 11.6 Å². The summed E-state index contributed by atoms with van der Waals surface area (Å²) in [6.45, 7) is 0. The minimum Gasteiger partial charge on any atom is -0.493 e. The zero-order chi connectivity index (χ0) is 19.4. The van der Waals surface area contributed by atoms with Gasteiger partial charge in [0.2, 0.25) is 5.88 Å². The molecule has 10 heteroatoms. The van der Waals surface area contributed by atoms with Gasteiger partial charge in [0.05, 0.1) is 22.5 Å². The van der Waals surface area contributed by atoms with Gasteiger partial charge in [-0.25, -0.2) is 14.8 Å². The van der Waals surface area contributed by atoms with Crippen molar-refractivity contribution in [3.05, 3.63) is 85.8 Å². The third-order valence-electron chi connectivity index (χ3n) is 3.50. The van der Waals surface area contributed by atoms with Crippen molar-refractivity contribution in [2.45, 2.75) is 0 Å². The molecule has 0 aliphatic heterocycles. The first-order chi connectivity index (χ1) is 13.0. The Morgan fingerprint density at radius 1 is 1.26 bits per heavy atom. The second-order valence-corrected chi connectivity index (χ2v) is 5.63. The van der Waals surface area contributed by atoms with E-state index in [-0.39, 0.29) is 21.8 Å². The molecule has 0 fully saturated rings. The minimum atomic E-state index is -0.875. The van der Waals surface area contributed by atoms with Gasteiger partial charge in [0.25, 0.3) is 11.5 Å². The Kier molecular flexibility index (Phi) is 5.13. The summed E-state index contributed by atoms with van der Waals surface area (Å²) in [5.74, 6) is -1.23. The van der Waals surface area contributed by atoms with E-state index in [9.17, 15) is 19.5 Å². The van der Waals surface area contributed by atoms with E-state index in [0.717, 1.165) is 10.8 Å².